The second-order valence-electron chi connectivity index (χ2n) is 6.47. The molecule has 0 spiro atoms. The first-order valence-corrected chi connectivity index (χ1v) is 10.7. The van der Waals surface area contributed by atoms with E-state index in [4.69, 9.17) is 11.6 Å². The summed E-state index contributed by atoms with van der Waals surface area (Å²) >= 11 is 5.99. The number of nitrogens with one attached hydrogen (secondary N) is 2. The minimum atomic E-state index is -3.23. The summed E-state index contributed by atoms with van der Waals surface area (Å²) in [7, 11) is -3.23. The predicted molar refractivity (Wildman–Crippen MR) is 103 cm³/mol. The minimum Gasteiger partial charge on any atom is -0.365 e. The lowest BCUT2D eigenvalue weighted by Gasteiger charge is -2.32. The van der Waals surface area contributed by atoms with E-state index >= 15 is 0 Å². The third-order valence-electron chi connectivity index (χ3n) is 4.49. The second-order valence-corrected chi connectivity index (χ2v) is 8.79. The number of piperidine rings is 1. The maximum absolute atomic E-state index is 11.9. The molecule has 0 radical (unpaired) electrons. The van der Waals surface area contributed by atoms with Crippen LogP contribution < -0.4 is 5.32 Å². The third kappa shape index (κ3) is 3.87. The number of hydrogen-bond donors (Lipinski definition) is 2. The van der Waals surface area contributed by atoms with E-state index in [2.05, 4.69) is 30.2 Å². The Balaban J connectivity index is 1.65. The van der Waals surface area contributed by atoms with Gasteiger partial charge in [0.05, 0.1) is 23.7 Å². The van der Waals surface area contributed by atoms with Crippen LogP contribution in [0.25, 0.3) is 22.4 Å². The molecule has 1 unspecified atom stereocenters. The van der Waals surface area contributed by atoms with Gasteiger partial charge >= 0.3 is 0 Å². The van der Waals surface area contributed by atoms with Gasteiger partial charge in [-0.1, -0.05) is 0 Å². The number of halogens is 1. The summed E-state index contributed by atoms with van der Waals surface area (Å²) in [6, 6.07) is 1.75. The van der Waals surface area contributed by atoms with Crippen molar-refractivity contribution in [2.45, 2.75) is 18.9 Å². The molecule has 0 bridgehead atoms. The number of hydrogen-bond acceptors (Lipinski definition) is 7. The zero-order chi connectivity index (χ0) is 19.0. The number of sulfonamides is 1. The van der Waals surface area contributed by atoms with Crippen molar-refractivity contribution in [3.63, 3.8) is 0 Å². The molecule has 142 valence electrons. The number of rotatable bonds is 4. The average molecular weight is 408 g/mol. The van der Waals surface area contributed by atoms with Gasteiger partial charge in [-0.3, -0.25) is 0 Å². The molecule has 0 amide bonds. The van der Waals surface area contributed by atoms with Crippen molar-refractivity contribution < 1.29 is 8.42 Å². The number of aromatic nitrogens is 5. The van der Waals surface area contributed by atoms with Gasteiger partial charge in [-0.05, 0) is 30.5 Å². The molecule has 4 rings (SSSR count). The molecule has 0 aliphatic carbocycles. The molecule has 0 saturated carbocycles. The number of anilines is 1. The van der Waals surface area contributed by atoms with Gasteiger partial charge in [-0.15, -0.1) is 0 Å². The van der Waals surface area contributed by atoms with Gasteiger partial charge in [0.1, 0.15) is 11.3 Å². The molecule has 2 N–H and O–H groups in total. The van der Waals surface area contributed by atoms with Crippen LogP contribution in [0.1, 0.15) is 12.8 Å². The summed E-state index contributed by atoms with van der Waals surface area (Å²) in [6.45, 7) is 0.909. The van der Waals surface area contributed by atoms with Gasteiger partial charge in [0.15, 0.2) is 5.65 Å². The molecule has 11 heteroatoms. The van der Waals surface area contributed by atoms with Crippen molar-refractivity contribution in [2.24, 2.45) is 0 Å². The van der Waals surface area contributed by atoms with Crippen LogP contribution in [0.2, 0.25) is 5.28 Å². The first kappa shape index (κ1) is 18.1. The van der Waals surface area contributed by atoms with E-state index in [1.165, 1.54) is 10.6 Å². The predicted octanol–water partition coefficient (Wildman–Crippen LogP) is 1.90. The highest BCUT2D eigenvalue weighted by Crippen LogP contribution is 2.28. The maximum Gasteiger partial charge on any atom is 0.224 e. The molecule has 0 aromatic carbocycles. The standard InChI is InChI=1S/C16H18ClN7O2S/c1-27(25,26)24-6-2-3-10(9-24)21-14-11(7-20-16(17)23-14)13-8-19-15-12(22-13)4-5-18-15/h4-5,7-8,10H,2-3,6,9H2,1H3,(H,18,19)(H,20,21,23). The van der Waals surface area contributed by atoms with Crippen molar-refractivity contribution in [2.75, 3.05) is 24.7 Å². The molecule has 27 heavy (non-hydrogen) atoms. The van der Waals surface area contributed by atoms with Crippen molar-refractivity contribution in [1.82, 2.24) is 29.2 Å². The normalized spacial score (nSPS) is 18.7. The Kier molecular flexibility index (Phi) is 4.70. The Morgan fingerprint density at radius 2 is 2.15 bits per heavy atom. The van der Waals surface area contributed by atoms with Gasteiger partial charge in [0, 0.05) is 31.5 Å². The fourth-order valence-corrected chi connectivity index (χ4v) is 4.22. The van der Waals surface area contributed by atoms with Crippen molar-refractivity contribution in [3.8, 4) is 11.3 Å². The SMILES string of the molecule is CS(=O)(=O)N1CCCC(Nc2nc(Cl)ncc2-c2cnc3[nH]ccc3n2)C1. The molecule has 1 atom stereocenters. The Bertz CT molecular complexity index is 1090. The van der Waals surface area contributed by atoms with Crippen LogP contribution in [0, 0.1) is 0 Å². The maximum atomic E-state index is 11.9. The van der Waals surface area contributed by atoms with Crippen molar-refractivity contribution in [1.29, 1.82) is 0 Å². The molecule has 1 aliphatic rings. The van der Waals surface area contributed by atoms with E-state index in [0.29, 0.717) is 35.8 Å². The Morgan fingerprint density at radius 1 is 1.30 bits per heavy atom. The second kappa shape index (κ2) is 7.02. The van der Waals surface area contributed by atoms with E-state index < -0.39 is 10.0 Å². The van der Waals surface area contributed by atoms with Crippen molar-refractivity contribution >= 4 is 38.6 Å². The summed E-state index contributed by atoms with van der Waals surface area (Å²) in [5.41, 5.74) is 2.69. The molecule has 1 saturated heterocycles. The quantitative estimate of drug-likeness (QED) is 0.634. The van der Waals surface area contributed by atoms with E-state index in [0.717, 1.165) is 18.4 Å². The molecule has 3 aromatic heterocycles. The molecule has 9 nitrogen and oxygen atoms in total. The zero-order valence-electron chi connectivity index (χ0n) is 14.6. The van der Waals surface area contributed by atoms with Gasteiger partial charge in [0.2, 0.25) is 15.3 Å². The summed E-state index contributed by atoms with van der Waals surface area (Å²) in [5, 5.41) is 3.42. The van der Waals surface area contributed by atoms with Gasteiger partial charge in [0.25, 0.3) is 0 Å². The first-order valence-electron chi connectivity index (χ1n) is 8.45. The first-order chi connectivity index (χ1) is 12.9. The Hall–Kier alpha value is -2.30. The number of nitrogens with zero attached hydrogens (tertiary/aromatic N) is 5. The fraction of sp³-hybridized carbons (Fsp3) is 0.375. The highest BCUT2D eigenvalue weighted by Gasteiger charge is 2.27. The van der Waals surface area contributed by atoms with E-state index in [-0.39, 0.29) is 11.3 Å². The summed E-state index contributed by atoms with van der Waals surface area (Å²) < 4.78 is 25.2. The van der Waals surface area contributed by atoms with E-state index in [1.54, 1.807) is 18.6 Å². The minimum absolute atomic E-state index is 0.0814. The lowest BCUT2D eigenvalue weighted by molar-refractivity contribution is 0.329. The van der Waals surface area contributed by atoms with Crippen LogP contribution in [0.15, 0.2) is 24.7 Å². The Morgan fingerprint density at radius 3 is 2.96 bits per heavy atom. The third-order valence-corrected chi connectivity index (χ3v) is 5.94. The van der Waals surface area contributed by atoms with Gasteiger partial charge in [-0.2, -0.15) is 0 Å². The van der Waals surface area contributed by atoms with E-state index in [1.807, 2.05) is 6.07 Å². The van der Waals surface area contributed by atoms with Crippen LogP contribution in [0.5, 0.6) is 0 Å². The largest absolute Gasteiger partial charge is 0.365 e. The van der Waals surface area contributed by atoms with Crippen molar-refractivity contribution in [3.05, 3.63) is 29.9 Å². The van der Waals surface area contributed by atoms with Gasteiger partial charge < -0.3 is 10.3 Å². The number of H-pyrrole nitrogens is 1. The molecular formula is C16H18ClN7O2S. The molecule has 3 aromatic rings. The Labute approximate surface area is 161 Å². The van der Waals surface area contributed by atoms with Crippen LogP contribution >= 0.6 is 11.6 Å². The molecular weight excluding hydrogens is 390 g/mol. The molecule has 1 fully saturated rings. The number of fused-ring (bicyclic) bond motifs is 1. The highest BCUT2D eigenvalue weighted by atomic mass is 35.5. The summed E-state index contributed by atoms with van der Waals surface area (Å²) in [6.07, 6.45) is 7.83. The van der Waals surface area contributed by atoms with Crippen LogP contribution in [0.4, 0.5) is 5.82 Å². The van der Waals surface area contributed by atoms with Crippen LogP contribution in [-0.4, -0.2) is 63.0 Å². The summed E-state index contributed by atoms with van der Waals surface area (Å²) in [4.78, 5) is 20.3. The monoisotopic (exact) mass is 407 g/mol. The smallest absolute Gasteiger partial charge is 0.224 e. The van der Waals surface area contributed by atoms with Gasteiger partial charge in [-0.25, -0.2) is 32.7 Å². The lowest BCUT2D eigenvalue weighted by atomic mass is 10.1. The zero-order valence-corrected chi connectivity index (χ0v) is 16.1. The van der Waals surface area contributed by atoms with E-state index in [9.17, 15) is 8.42 Å². The highest BCUT2D eigenvalue weighted by molar-refractivity contribution is 7.88. The molecule has 4 heterocycles. The lowest BCUT2D eigenvalue weighted by Crippen LogP contribution is -2.44. The fourth-order valence-electron chi connectivity index (χ4n) is 3.17. The number of aromatic amines is 1. The van der Waals surface area contributed by atoms with Crippen LogP contribution in [0.3, 0.4) is 0 Å². The molecule has 1 aliphatic heterocycles. The van der Waals surface area contributed by atoms with Crippen LogP contribution in [-0.2, 0) is 10.0 Å². The average Bonchev–Trinajstić information content (AvgIpc) is 3.09. The topological polar surface area (TPSA) is 117 Å². The summed E-state index contributed by atoms with van der Waals surface area (Å²) in [5.74, 6) is 0.513.